The lowest BCUT2D eigenvalue weighted by molar-refractivity contribution is 0.286. The van der Waals surface area contributed by atoms with Crippen LogP contribution in [-0.4, -0.2) is 6.54 Å². The van der Waals surface area contributed by atoms with Crippen molar-refractivity contribution in [3.63, 3.8) is 0 Å². The lowest BCUT2D eigenvalue weighted by Crippen LogP contribution is -2.18. The number of nitriles is 1. The predicted octanol–water partition coefficient (Wildman–Crippen LogP) is 4.15. The minimum Gasteiger partial charge on any atom is -0.389 e. The Morgan fingerprint density at radius 3 is 2.75 bits per heavy atom. The van der Waals surface area contributed by atoms with Crippen LogP contribution in [0.2, 0.25) is 0 Å². The molecule has 1 aliphatic carbocycles. The van der Waals surface area contributed by atoms with Crippen molar-refractivity contribution in [3.05, 3.63) is 11.1 Å². The molecule has 0 spiro atoms. The molecule has 1 saturated carbocycles. The van der Waals surface area contributed by atoms with Crippen LogP contribution in [0.4, 0.5) is 10.0 Å². The number of fused-ring (bicyclic) bond motifs is 1. The second-order valence-corrected chi connectivity index (χ2v) is 7.34. The Morgan fingerprint density at radius 2 is 2.00 bits per heavy atom. The molecule has 0 bridgehead atoms. The molecule has 3 nitrogen and oxygen atoms in total. The Morgan fingerprint density at radius 1 is 1.20 bits per heavy atom. The minimum absolute atomic E-state index is 0.677. The first-order chi connectivity index (χ1) is 9.78. The SMILES string of the molecule is N#Cc1c(N)sc2c1CCC(CC1CCCCC1)CN2. The molecule has 0 amide bonds. The number of nitrogens with one attached hydrogen (secondary N) is 1. The van der Waals surface area contributed by atoms with E-state index in [2.05, 4.69) is 11.4 Å². The van der Waals surface area contributed by atoms with Gasteiger partial charge >= 0.3 is 0 Å². The van der Waals surface area contributed by atoms with Gasteiger partial charge in [-0.25, -0.2) is 0 Å². The second kappa shape index (κ2) is 6.05. The fourth-order valence-electron chi connectivity index (χ4n) is 3.77. The number of hydrogen-bond acceptors (Lipinski definition) is 4. The molecule has 1 fully saturated rings. The van der Waals surface area contributed by atoms with Gasteiger partial charge in [-0.3, -0.25) is 0 Å². The van der Waals surface area contributed by atoms with Gasteiger partial charge in [0.05, 0.1) is 10.6 Å². The fourth-order valence-corrected chi connectivity index (χ4v) is 4.75. The molecule has 0 radical (unpaired) electrons. The first-order valence-corrected chi connectivity index (χ1v) is 8.64. The standard InChI is InChI=1S/C16H23N3S/c17-9-14-13-7-6-12(8-11-4-2-1-3-5-11)10-19-16(13)20-15(14)18/h11-12,19H,1-8,10,18H2. The topological polar surface area (TPSA) is 61.8 Å². The fraction of sp³-hybridized carbons (Fsp3) is 0.688. The highest BCUT2D eigenvalue weighted by molar-refractivity contribution is 7.20. The maximum absolute atomic E-state index is 9.23. The van der Waals surface area contributed by atoms with E-state index < -0.39 is 0 Å². The Bertz CT molecular complexity index is 509. The molecule has 1 unspecified atom stereocenters. The van der Waals surface area contributed by atoms with Crippen molar-refractivity contribution in [3.8, 4) is 6.07 Å². The summed E-state index contributed by atoms with van der Waals surface area (Å²) in [5, 5.41) is 14.6. The van der Waals surface area contributed by atoms with Gasteiger partial charge in [0.2, 0.25) is 0 Å². The van der Waals surface area contributed by atoms with E-state index in [1.807, 2.05) is 0 Å². The maximum atomic E-state index is 9.23. The summed E-state index contributed by atoms with van der Waals surface area (Å²) < 4.78 is 0. The van der Waals surface area contributed by atoms with Gasteiger partial charge in [0, 0.05) is 12.1 Å². The second-order valence-electron chi connectivity index (χ2n) is 6.29. The molecule has 20 heavy (non-hydrogen) atoms. The number of thiophene rings is 1. The zero-order valence-corrected chi connectivity index (χ0v) is 12.8. The number of nitrogen functional groups attached to an aromatic ring is 1. The lowest BCUT2D eigenvalue weighted by Gasteiger charge is -2.25. The number of hydrogen-bond donors (Lipinski definition) is 2. The Balaban J connectivity index is 1.64. The van der Waals surface area contributed by atoms with Crippen LogP contribution >= 0.6 is 11.3 Å². The highest BCUT2D eigenvalue weighted by Crippen LogP contribution is 2.40. The van der Waals surface area contributed by atoms with Crippen LogP contribution in [0.15, 0.2) is 0 Å². The summed E-state index contributed by atoms with van der Waals surface area (Å²) in [6.45, 7) is 1.05. The first kappa shape index (κ1) is 13.8. The van der Waals surface area contributed by atoms with E-state index in [0.717, 1.165) is 35.4 Å². The van der Waals surface area contributed by atoms with E-state index >= 15 is 0 Å². The van der Waals surface area contributed by atoms with Crippen LogP contribution in [0.3, 0.4) is 0 Å². The summed E-state index contributed by atoms with van der Waals surface area (Å²) in [7, 11) is 0. The molecule has 2 heterocycles. The van der Waals surface area contributed by atoms with Crippen molar-refractivity contribution >= 4 is 21.3 Å². The van der Waals surface area contributed by atoms with E-state index in [4.69, 9.17) is 5.73 Å². The van der Waals surface area contributed by atoms with Gasteiger partial charge < -0.3 is 11.1 Å². The van der Waals surface area contributed by atoms with Crippen molar-refractivity contribution < 1.29 is 0 Å². The molecule has 0 aromatic carbocycles. The van der Waals surface area contributed by atoms with Crippen LogP contribution in [0, 0.1) is 23.2 Å². The van der Waals surface area contributed by atoms with Crippen LogP contribution in [0.1, 0.15) is 56.1 Å². The number of rotatable bonds is 2. The van der Waals surface area contributed by atoms with E-state index in [1.54, 1.807) is 11.3 Å². The summed E-state index contributed by atoms with van der Waals surface area (Å²) in [6, 6.07) is 2.27. The molecule has 3 N–H and O–H groups in total. The van der Waals surface area contributed by atoms with Gasteiger partial charge in [-0.2, -0.15) is 5.26 Å². The zero-order chi connectivity index (χ0) is 13.9. The van der Waals surface area contributed by atoms with E-state index in [1.165, 1.54) is 50.5 Å². The van der Waals surface area contributed by atoms with Gasteiger partial charge in [-0.1, -0.05) is 43.4 Å². The van der Waals surface area contributed by atoms with Crippen molar-refractivity contribution in [1.29, 1.82) is 5.26 Å². The molecule has 4 heteroatoms. The van der Waals surface area contributed by atoms with Crippen molar-refractivity contribution in [2.24, 2.45) is 11.8 Å². The Hall–Kier alpha value is -1.21. The van der Waals surface area contributed by atoms with Crippen molar-refractivity contribution in [2.75, 3.05) is 17.6 Å². The Labute approximate surface area is 125 Å². The molecule has 1 aromatic rings. The summed E-state index contributed by atoms with van der Waals surface area (Å²) in [5.41, 5.74) is 7.81. The third kappa shape index (κ3) is 2.78. The molecular formula is C16H23N3S. The molecule has 1 aliphatic heterocycles. The highest BCUT2D eigenvalue weighted by atomic mass is 32.1. The molecule has 2 aliphatic rings. The van der Waals surface area contributed by atoms with Crippen LogP contribution in [-0.2, 0) is 6.42 Å². The average Bonchev–Trinajstić information content (AvgIpc) is 2.65. The van der Waals surface area contributed by atoms with Gasteiger partial charge in [0.25, 0.3) is 0 Å². The van der Waals surface area contributed by atoms with E-state index in [-0.39, 0.29) is 0 Å². The number of nitrogens with zero attached hydrogens (tertiary/aromatic N) is 1. The summed E-state index contributed by atoms with van der Waals surface area (Å²) in [4.78, 5) is 0. The Kier molecular flexibility index (Phi) is 4.16. The minimum atomic E-state index is 0.677. The van der Waals surface area contributed by atoms with E-state index in [0.29, 0.717) is 5.00 Å². The van der Waals surface area contributed by atoms with E-state index in [9.17, 15) is 5.26 Å². The monoisotopic (exact) mass is 289 g/mol. The highest BCUT2D eigenvalue weighted by Gasteiger charge is 2.24. The molecule has 1 atom stereocenters. The largest absolute Gasteiger partial charge is 0.389 e. The average molecular weight is 289 g/mol. The first-order valence-electron chi connectivity index (χ1n) is 7.83. The number of anilines is 2. The van der Waals surface area contributed by atoms with Crippen molar-refractivity contribution in [2.45, 2.75) is 51.4 Å². The predicted molar refractivity (Wildman–Crippen MR) is 84.9 cm³/mol. The quantitative estimate of drug-likeness (QED) is 0.860. The van der Waals surface area contributed by atoms with Gasteiger partial charge in [0.15, 0.2) is 0 Å². The smallest absolute Gasteiger partial charge is 0.106 e. The normalized spacial score (nSPS) is 23.4. The zero-order valence-electron chi connectivity index (χ0n) is 12.0. The van der Waals surface area contributed by atoms with Gasteiger partial charge in [-0.15, -0.1) is 0 Å². The van der Waals surface area contributed by atoms with Crippen molar-refractivity contribution in [1.82, 2.24) is 0 Å². The summed E-state index contributed by atoms with van der Waals surface area (Å²) in [6.07, 6.45) is 10.7. The van der Waals surface area contributed by atoms with Crippen LogP contribution < -0.4 is 11.1 Å². The number of nitrogens with two attached hydrogens (primary N) is 1. The van der Waals surface area contributed by atoms with Gasteiger partial charge in [0.1, 0.15) is 11.1 Å². The van der Waals surface area contributed by atoms with Crippen LogP contribution in [0.25, 0.3) is 0 Å². The summed E-state index contributed by atoms with van der Waals surface area (Å²) >= 11 is 1.55. The molecule has 1 aromatic heterocycles. The maximum Gasteiger partial charge on any atom is 0.106 e. The third-order valence-corrected chi connectivity index (χ3v) is 5.91. The molecule has 3 rings (SSSR count). The lowest BCUT2D eigenvalue weighted by atomic mass is 9.81. The molecule has 0 saturated heterocycles. The van der Waals surface area contributed by atoms with Crippen LogP contribution in [0.5, 0.6) is 0 Å². The molecular weight excluding hydrogens is 266 g/mol. The summed E-state index contributed by atoms with van der Waals surface area (Å²) in [5.74, 6) is 1.69. The molecule has 108 valence electrons. The third-order valence-electron chi connectivity index (χ3n) is 4.89. The van der Waals surface area contributed by atoms with Gasteiger partial charge in [-0.05, 0) is 31.1 Å².